The molecule has 1 aromatic heterocycles. The van der Waals surface area contributed by atoms with Gasteiger partial charge in [-0.15, -0.1) is 0 Å². The Hall–Kier alpha value is -1.12. The van der Waals surface area contributed by atoms with E-state index >= 15 is 0 Å². The standard InChI is InChI=1S/C12H14F3NO3S/c1-7(17)20-5-4-9(18)11(19)8-2-3-10(16-6-8)12(13,14)15/h2-3,6,9,11,18-19H,4-5H2,1H3. The number of alkyl halides is 3. The predicted molar refractivity (Wildman–Crippen MR) is 68.0 cm³/mol. The summed E-state index contributed by atoms with van der Waals surface area (Å²) in [6.07, 6.45) is -6.01. The van der Waals surface area contributed by atoms with Gasteiger partial charge in [-0.25, -0.2) is 0 Å². The Labute approximate surface area is 118 Å². The molecule has 4 nitrogen and oxygen atoms in total. The number of thioether (sulfide) groups is 1. The molecule has 0 amide bonds. The normalized spacial score (nSPS) is 14.9. The molecule has 0 aliphatic rings. The highest BCUT2D eigenvalue weighted by atomic mass is 32.2. The minimum Gasteiger partial charge on any atom is -0.390 e. The molecule has 0 saturated carbocycles. The van der Waals surface area contributed by atoms with Gasteiger partial charge in [-0.3, -0.25) is 9.78 Å². The number of aliphatic hydroxyl groups is 2. The number of rotatable bonds is 5. The SMILES string of the molecule is CC(=O)SCCC(O)C(O)c1ccc(C(F)(F)F)nc1. The maximum atomic E-state index is 12.3. The molecule has 0 bridgehead atoms. The molecule has 1 aromatic rings. The number of halogens is 3. The summed E-state index contributed by atoms with van der Waals surface area (Å²) in [4.78, 5) is 13.9. The Morgan fingerprint density at radius 3 is 2.50 bits per heavy atom. The number of carbonyl (C=O) groups excluding carboxylic acids is 1. The van der Waals surface area contributed by atoms with E-state index in [0.717, 1.165) is 30.1 Å². The van der Waals surface area contributed by atoms with Crippen LogP contribution in [-0.4, -0.2) is 32.2 Å². The molecule has 0 radical (unpaired) electrons. The molecule has 8 heteroatoms. The highest BCUT2D eigenvalue weighted by Gasteiger charge is 2.32. The van der Waals surface area contributed by atoms with Gasteiger partial charge in [0, 0.05) is 24.4 Å². The lowest BCUT2D eigenvalue weighted by molar-refractivity contribution is -0.141. The van der Waals surface area contributed by atoms with Crippen molar-refractivity contribution in [3.05, 3.63) is 29.6 Å². The van der Waals surface area contributed by atoms with Crippen LogP contribution in [0.15, 0.2) is 18.3 Å². The molecule has 1 heterocycles. The molecule has 0 aromatic carbocycles. The van der Waals surface area contributed by atoms with Crippen molar-refractivity contribution in [3.63, 3.8) is 0 Å². The Bertz CT molecular complexity index is 450. The van der Waals surface area contributed by atoms with E-state index in [1.165, 1.54) is 6.92 Å². The Morgan fingerprint density at radius 1 is 1.40 bits per heavy atom. The monoisotopic (exact) mass is 309 g/mol. The molecule has 0 fully saturated rings. The van der Waals surface area contributed by atoms with Crippen LogP contribution in [0.2, 0.25) is 0 Å². The van der Waals surface area contributed by atoms with Gasteiger partial charge in [-0.05, 0) is 12.5 Å². The molecule has 1 rings (SSSR count). The average Bonchev–Trinajstić information content (AvgIpc) is 2.36. The number of pyridine rings is 1. The highest BCUT2D eigenvalue weighted by molar-refractivity contribution is 8.13. The molecule has 0 saturated heterocycles. The second kappa shape index (κ2) is 7.05. The molecule has 2 unspecified atom stereocenters. The van der Waals surface area contributed by atoms with E-state index in [4.69, 9.17) is 0 Å². The first-order valence-corrected chi connectivity index (χ1v) is 6.73. The fourth-order valence-electron chi connectivity index (χ4n) is 1.45. The number of hydrogen-bond acceptors (Lipinski definition) is 5. The van der Waals surface area contributed by atoms with Gasteiger partial charge in [-0.1, -0.05) is 17.8 Å². The van der Waals surface area contributed by atoms with Gasteiger partial charge in [0.2, 0.25) is 0 Å². The van der Waals surface area contributed by atoms with E-state index < -0.39 is 24.1 Å². The zero-order valence-electron chi connectivity index (χ0n) is 10.6. The van der Waals surface area contributed by atoms with E-state index in [9.17, 15) is 28.2 Å². The predicted octanol–water partition coefficient (Wildman–Crippen LogP) is 2.16. The van der Waals surface area contributed by atoms with Crippen molar-refractivity contribution in [2.45, 2.75) is 31.7 Å². The van der Waals surface area contributed by atoms with Crippen LogP contribution in [0.5, 0.6) is 0 Å². The maximum Gasteiger partial charge on any atom is 0.433 e. The van der Waals surface area contributed by atoms with Crippen LogP contribution >= 0.6 is 11.8 Å². The summed E-state index contributed by atoms with van der Waals surface area (Å²) in [7, 11) is 0. The largest absolute Gasteiger partial charge is 0.433 e. The smallest absolute Gasteiger partial charge is 0.390 e. The number of carbonyl (C=O) groups is 1. The summed E-state index contributed by atoms with van der Waals surface area (Å²) in [6.45, 7) is 1.38. The van der Waals surface area contributed by atoms with E-state index in [-0.39, 0.29) is 17.1 Å². The van der Waals surface area contributed by atoms with Crippen molar-refractivity contribution < 1.29 is 28.2 Å². The molecule has 0 spiro atoms. The lowest BCUT2D eigenvalue weighted by atomic mass is 10.0. The Morgan fingerprint density at radius 2 is 2.05 bits per heavy atom. The molecule has 20 heavy (non-hydrogen) atoms. The summed E-state index contributed by atoms with van der Waals surface area (Å²) >= 11 is 1.00. The quantitative estimate of drug-likeness (QED) is 0.872. The van der Waals surface area contributed by atoms with E-state index in [2.05, 4.69) is 4.98 Å². The van der Waals surface area contributed by atoms with Crippen LogP contribution in [0.3, 0.4) is 0 Å². The summed E-state index contributed by atoms with van der Waals surface area (Å²) in [6, 6.07) is 1.82. The fraction of sp³-hybridized carbons (Fsp3) is 0.500. The first-order valence-electron chi connectivity index (χ1n) is 5.74. The summed E-state index contributed by atoms with van der Waals surface area (Å²) < 4.78 is 36.9. The lowest BCUT2D eigenvalue weighted by Crippen LogP contribution is -2.20. The lowest BCUT2D eigenvalue weighted by Gasteiger charge is -2.18. The summed E-state index contributed by atoms with van der Waals surface area (Å²) in [5.41, 5.74) is -0.964. The van der Waals surface area contributed by atoms with Gasteiger partial charge in [-0.2, -0.15) is 13.2 Å². The third kappa shape index (κ3) is 5.10. The molecular weight excluding hydrogens is 295 g/mol. The van der Waals surface area contributed by atoms with Crippen molar-refractivity contribution in [3.8, 4) is 0 Å². The number of aromatic nitrogens is 1. The van der Waals surface area contributed by atoms with E-state index in [0.29, 0.717) is 5.75 Å². The van der Waals surface area contributed by atoms with Crippen LogP contribution in [0.1, 0.15) is 30.7 Å². The average molecular weight is 309 g/mol. The molecule has 0 aliphatic heterocycles. The minimum atomic E-state index is -4.54. The van der Waals surface area contributed by atoms with E-state index in [1.807, 2.05) is 0 Å². The van der Waals surface area contributed by atoms with Crippen LogP contribution in [-0.2, 0) is 11.0 Å². The summed E-state index contributed by atoms with van der Waals surface area (Å²) in [5, 5.41) is 19.4. The van der Waals surface area contributed by atoms with Gasteiger partial charge < -0.3 is 10.2 Å². The van der Waals surface area contributed by atoms with Gasteiger partial charge >= 0.3 is 6.18 Å². The van der Waals surface area contributed by atoms with Crippen molar-refractivity contribution in [1.29, 1.82) is 0 Å². The van der Waals surface area contributed by atoms with Crippen LogP contribution in [0.4, 0.5) is 13.2 Å². The second-order valence-corrected chi connectivity index (χ2v) is 5.39. The maximum absolute atomic E-state index is 12.3. The van der Waals surface area contributed by atoms with E-state index in [1.54, 1.807) is 0 Å². The zero-order valence-corrected chi connectivity index (χ0v) is 11.4. The third-order valence-electron chi connectivity index (χ3n) is 2.50. The Balaban J connectivity index is 2.62. The van der Waals surface area contributed by atoms with Gasteiger partial charge in [0.25, 0.3) is 0 Å². The van der Waals surface area contributed by atoms with Crippen LogP contribution < -0.4 is 0 Å². The van der Waals surface area contributed by atoms with Crippen molar-refractivity contribution in [2.75, 3.05) is 5.75 Å². The molecule has 0 aliphatic carbocycles. The van der Waals surface area contributed by atoms with Crippen LogP contribution in [0, 0.1) is 0 Å². The van der Waals surface area contributed by atoms with Gasteiger partial charge in [0.1, 0.15) is 11.8 Å². The zero-order chi connectivity index (χ0) is 15.3. The second-order valence-electron chi connectivity index (χ2n) is 4.12. The van der Waals surface area contributed by atoms with Crippen molar-refractivity contribution >= 4 is 16.9 Å². The number of nitrogens with zero attached hydrogens (tertiary/aromatic N) is 1. The third-order valence-corrected chi connectivity index (χ3v) is 3.35. The minimum absolute atomic E-state index is 0.0957. The van der Waals surface area contributed by atoms with Crippen molar-refractivity contribution in [1.82, 2.24) is 4.98 Å². The van der Waals surface area contributed by atoms with Gasteiger partial charge in [0.05, 0.1) is 6.10 Å². The molecule has 2 N–H and O–H groups in total. The fourth-order valence-corrected chi connectivity index (χ4v) is 2.10. The number of aliphatic hydroxyl groups excluding tert-OH is 2. The number of hydrogen-bond donors (Lipinski definition) is 2. The topological polar surface area (TPSA) is 70.4 Å². The van der Waals surface area contributed by atoms with Crippen molar-refractivity contribution in [2.24, 2.45) is 0 Å². The molecule has 2 atom stereocenters. The first-order chi connectivity index (χ1) is 9.21. The first kappa shape index (κ1) is 16.9. The molecular formula is C12H14F3NO3S. The van der Waals surface area contributed by atoms with Crippen LogP contribution in [0.25, 0.3) is 0 Å². The molecule has 112 valence electrons. The summed E-state index contributed by atoms with van der Waals surface area (Å²) in [5.74, 6) is 0.321. The Kier molecular flexibility index (Phi) is 5.97. The van der Waals surface area contributed by atoms with Gasteiger partial charge in [0.15, 0.2) is 5.12 Å². The highest BCUT2D eigenvalue weighted by Crippen LogP contribution is 2.28.